The lowest BCUT2D eigenvalue weighted by Crippen LogP contribution is -2.29. The monoisotopic (exact) mass is 403 g/mol. The Balaban J connectivity index is 1.58. The summed E-state index contributed by atoms with van der Waals surface area (Å²) in [5, 5.41) is 13.6. The molecule has 2 bridgehead atoms. The average molecular weight is 404 g/mol. The minimum atomic E-state index is 0.281. The molecule has 148 valence electrons. The fourth-order valence-electron chi connectivity index (χ4n) is 3.93. The summed E-state index contributed by atoms with van der Waals surface area (Å²) in [5.74, 6) is 1.44. The van der Waals surface area contributed by atoms with Gasteiger partial charge in [0.2, 0.25) is 5.95 Å². The highest BCUT2D eigenvalue weighted by atomic mass is 35.5. The smallest absolute Gasteiger partial charge is 0.257 e. The van der Waals surface area contributed by atoms with E-state index < -0.39 is 0 Å². The van der Waals surface area contributed by atoms with Gasteiger partial charge in [-0.05, 0) is 13.3 Å². The second kappa shape index (κ2) is 6.89. The Morgan fingerprint density at radius 2 is 2.18 bits per heavy atom. The zero-order valence-corrected chi connectivity index (χ0v) is 16.6. The SMILES string of the molecule is Cc1c2c(nn1[C@H]1CCOC[C@@H]1C)OCCCn1nc(Cl)c3cnc(nc31)N2. The number of hydrogen-bond acceptors (Lipinski definition) is 7. The van der Waals surface area contributed by atoms with E-state index in [0.717, 1.165) is 42.8 Å². The third kappa shape index (κ3) is 2.89. The largest absolute Gasteiger partial charge is 0.475 e. The Bertz CT molecular complexity index is 1030. The van der Waals surface area contributed by atoms with E-state index in [-0.39, 0.29) is 6.04 Å². The first-order valence-corrected chi connectivity index (χ1v) is 9.95. The van der Waals surface area contributed by atoms with Crippen molar-refractivity contribution in [2.75, 3.05) is 25.1 Å². The summed E-state index contributed by atoms with van der Waals surface area (Å²) in [6, 6.07) is 0.281. The van der Waals surface area contributed by atoms with Crippen molar-refractivity contribution in [1.82, 2.24) is 29.5 Å². The molecule has 1 N–H and O–H groups in total. The number of halogens is 1. The van der Waals surface area contributed by atoms with E-state index in [0.29, 0.717) is 41.7 Å². The second-order valence-corrected chi connectivity index (χ2v) is 7.75. The van der Waals surface area contributed by atoms with Crippen LogP contribution in [0.5, 0.6) is 5.88 Å². The fourth-order valence-corrected chi connectivity index (χ4v) is 4.15. The molecule has 0 spiro atoms. The van der Waals surface area contributed by atoms with Crippen LogP contribution in [-0.4, -0.2) is 49.3 Å². The van der Waals surface area contributed by atoms with Gasteiger partial charge in [-0.1, -0.05) is 18.5 Å². The van der Waals surface area contributed by atoms with E-state index in [2.05, 4.69) is 32.0 Å². The van der Waals surface area contributed by atoms with Gasteiger partial charge in [0, 0.05) is 31.7 Å². The maximum Gasteiger partial charge on any atom is 0.257 e. The highest BCUT2D eigenvalue weighted by Gasteiger charge is 2.29. The number of aryl methyl sites for hydroxylation is 1. The summed E-state index contributed by atoms with van der Waals surface area (Å²) in [6.07, 6.45) is 3.41. The second-order valence-electron chi connectivity index (χ2n) is 7.39. The molecule has 0 unspecified atom stereocenters. The maximum absolute atomic E-state index is 6.22. The first-order valence-electron chi connectivity index (χ1n) is 9.57. The molecule has 5 rings (SSSR count). The Morgan fingerprint density at radius 1 is 1.29 bits per heavy atom. The van der Waals surface area contributed by atoms with E-state index in [1.807, 2.05) is 6.92 Å². The molecule has 3 aromatic rings. The lowest BCUT2D eigenvalue weighted by atomic mass is 9.98. The summed E-state index contributed by atoms with van der Waals surface area (Å²) in [7, 11) is 0. The molecule has 2 atom stereocenters. The Hall–Kier alpha value is -2.39. The first-order chi connectivity index (χ1) is 13.6. The molecular formula is C18H22ClN7O2. The minimum Gasteiger partial charge on any atom is -0.475 e. The van der Waals surface area contributed by atoms with Crippen LogP contribution in [0.15, 0.2) is 6.20 Å². The normalized spacial score (nSPS) is 22.4. The fraction of sp³-hybridized carbons (Fsp3) is 0.556. The van der Waals surface area contributed by atoms with E-state index in [1.165, 1.54) is 0 Å². The quantitative estimate of drug-likeness (QED) is 0.667. The van der Waals surface area contributed by atoms with Crippen molar-refractivity contribution in [1.29, 1.82) is 0 Å². The molecule has 1 fully saturated rings. The predicted octanol–water partition coefficient (Wildman–Crippen LogP) is 3.11. The maximum atomic E-state index is 6.22. The van der Waals surface area contributed by atoms with Gasteiger partial charge in [0.1, 0.15) is 5.69 Å². The number of nitrogens with one attached hydrogen (secondary N) is 1. The van der Waals surface area contributed by atoms with Crippen LogP contribution < -0.4 is 10.1 Å². The van der Waals surface area contributed by atoms with Gasteiger partial charge in [0.25, 0.3) is 5.88 Å². The molecule has 28 heavy (non-hydrogen) atoms. The number of nitrogens with zero attached hydrogens (tertiary/aromatic N) is 6. The number of aromatic nitrogens is 6. The van der Waals surface area contributed by atoms with Crippen LogP contribution in [0.25, 0.3) is 11.0 Å². The number of hydrogen-bond donors (Lipinski definition) is 1. The molecule has 0 aliphatic carbocycles. The van der Waals surface area contributed by atoms with Gasteiger partial charge in [-0.15, -0.1) is 5.10 Å². The predicted molar refractivity (Wildman–Crippen MR) is 104 cm³/mol. The highest BCUT2D eigenvalue weighted by molar-refractivity contribution is 6.34. The van der Waals surface area contributed by atoms with Crippen LogP contribution in [0.3, 0.4) is 0 Å². The van der Waals surface area contributed by atoms with Crippen LogP contribution in [0.4, 0.5) is 11.6 Å². The number of fused-ring (bicyclic) bond motifs is 2. The standard InChI is InChI=1S/C18H22ClN7O2/c1-10-9-27-7-4-13(10)26-11(2)14-17(24-26)28-6-3-5-25-16-12(15(19)23-25)8-20-18(21-14)22-16/h8,10,13H,3-7,9H2,1-2H3,(H,20,21,22)/t10-,13-/m0/s1. The van der Waals surface area contributed by atoms with Gasteiger partial charge in [-0.3, -0.25) is 4.68 Å². The molecule has 2 aliphatic rings. The lowest BCUT2D eigenvalue weighted by Gasteiger charge is -2.29. The van der Waals surface area contributed by atoms with Crippen molar-refractivity contribution >= 4 is 34.3 Å². The van der Waals surface area contributed by atoms with Crippen LogP contribution in [0.2, 0.25) is 5.15 Å². The van der Waals surface area contributed by atoms with Crippen molar-refractivity contribution in [3.8, 4) is 5.88 Å². The Kier molecular flexibility index (Phi) is 4.36. The molecule has 10 heteroatoms. The summed E-state index contributed by atoms with van der Waals surface area (Å²) in [5.41, 5.74) is 2.52. The van der Waals surface area contributed by atoms with Crippen LogP contribution in [-0.2, 0) is 11.3 Å². The summed E-state index contributed by atoms with van der Waals surface area (Å²) in [6.45, 7) is 6.91. The molecule has 0 aromatic carbocycles. The molecule has 0 amide bonds. The van der Waals surface area contributed by atoms with Gasteiger partial charge >= 0.3 is 0 Å². The van der Waals surface area contributed by atoms with Gasteiger partial charge in [0.15, 0.2) is 10.8 Å². The topological polar surface area (TPSA) is 91.9 Å². The molecule has 9 nitrogen and oxygen atoms in total. The third-order valence-electron chi connectivity index (χ3n) is 5.46. The Labute approximate surface area is 167 Å². The molecule has 0 radical (unpaired) electrons. The van der Waals surface area contributed by atoms with E-state index in [9.17, 15) is 0 Å². The third-order valence-corrected chi connectivity index (χ3v) is 5.74. The van der Waals surface area contributed by atoms with Crippen molar-refractivity contribution in [3.05, 3.63) is 17.0 Å². The summed E-state index contributed by atoms with van der Waals surface area (Å²) in [4.78, 5) is 9.05. The molecule has 3 aromatic heterocycles. The van der Waals surface area contributed by atoms with Gasteiger partial charge in [0.05, 0.1) is 30.3 Å². The minimum absolute atomic E-state index is 0.281. The zero-order valence-electron chi connectivity index (χ0n) is 15.9. The molecule has 1 saturated heterocycles. The van der Waals surface area contributed by atoms with Crippen molar-refractivity contribution < 1.29 is 9.47 Å². The lowest BCUT2D eigenvalue weighted by molar-refractivity contribution is 0.0240. The molecular weight excluding hydrogens is 382 g/mol. The van der Waals surface area contributed by atoms with Crippen LogP contribution in [0.1, 0.15) is 31.5 Å². The summed E-state index contributed by atoms with van der Waals surface area (Å²) < 4.78 is 15.5. The zero-order chi connectivity index (χ0) is 19.3. The van der Waals surface area contributed by atoms with E-state index in [4.69, 9.17) is 26.2 Å². The van der Waals surface area contributed by atoms with E-state index in [1.54, 1.807) is 10.9 Å². The Morgan fingerprint density at radius 3 is 3.04 bits per heavy atom. The number of ether oxygens (including phenoxy) is 2. The molecule has 2 aliphatic heterocycles. The highest BCUT2D eigenvalue weighted by Crippen LogP contribution is 2.36. The molecule has 5 heterocycles. The summed E-state index contributed by atoms with van der Waals surface area (Å²) >= 11 is 6.22. The van der Waals surface area contributed by atoms with Crippen LogP contribution in [0, 0.1) is 12.8 Å². The van der Waals surface area contributed by atoms with Crippen molar-refractivity contribution in [2.24, 2.45) is 5.92 Å². The van der Waals surface area contributed by atoms with Crippen LogP contribution >= 0.6 is 11.6 Å². The number of anilines is 2. The molecule has 0 saturated carbocycles. The van der Waals surface area contributed by atoms with E-state index >= 15 is 0 Å². The van der Waals surface area contributed by atoms with Crippen molar-refractivity contribution in [3.63, 3.8) is 0 Å². The average Bonchev–Trinajstić information content (AvgIpc) is 3.16. The van der Waals surface area contributed by atoms with Gasteiger partial charge < -0.3 is 14.8 Å². The van der Waals surface area contributed by atoms with Gasteiger partial charge in [-0.25, -0.2) is 9.67 Å². The van der Waals surface area contributed by atoms with Gasteiger partial charge in [-0.2, -0.15) is 10.1 Å². The number of rotatable bonds is 1. The first kappa shape index (κ1) is 17.7. The van der Waals surface area contributed by atoms with Crippen molar-refractivity contribution in [2.45, 2.75) is 39.3 Å².